The van der Waals surface area contributed by atoms with Gasteiger partial charge in [-0.15, -0.1) is 11.3 Å². The van der Waals surface area contributed by atoms with Gasteiger partial charge in [0, 0.05) is 12.2 Å². The van der Waals surface area contributed by atoms with E-state index in [0.717, 1.165) is 40.7 Å². The van der Waals surface area contributed by atoms with E-state index in [1.54, 1.807) is 30.5 Å². The first-order valence-corrected chi connectivity index (χ1v) is 11.6. The van der Waals surface area contributed by atoms with Crippen LogP contribution in [-0.4, -0.2) is 16.8 Å². The van der Waals surface area contributed by atoms with Crippen molar-refractivity contribution in [3.05, 3.63) is 58.3 Å². The summed E-state index contributed by atoms with van der Waals surface area (Å²) >= 11 is 1.57. The highest BCUT2D eigenvalue weighted by Crippen LogP contribution is 2.32. The molecule has 0 radical (unpaired) electrons. The number of benzene rings is 1. The number of aromatic nitrogens is 1. The molecule has 0 saturated carbocycles. The Morgan fingerprint density at radius 1 is 1.26 bits per heavy atom. The lowest BCUT2D eigenvalue weighted by Gasteiger charge is -2.21. The topological polar surface area (TPSA) is 65.8 Å². The number of hydrogen-bond acceptors (Lipinski definition) is 5. The smallest absolute Gasteiger partial charge is 0.163 e. The molecule has 4 nitrogen and oxygen atoms in total. The van der Waals surface area contributed by atoms with Gasteiger partial charge in [0.05, 0.1) is 27.0 Å². The zero-order chi connectivity index (χ0) is 22.8. The minimum atomic E-state index is -0.478. The predicted octanol–water partition coefficient (Wildman–Crippen LogP) is 7.14. The van der Waals surface area contributed by atoms with Crippen LogP contribution in [0.3, 0.4) is 0 Å². The summed E-state index contributed by atoms with van der Waals surface area (Å²) in [5.41, 5.74) is 3.25. The van der Waals surface area contributed by atoms with Crippen molar-refractivity contribution in [2.75, 3.05) is 5.32 Å². The third-order valence-electron chi connectivity index (χ3n) is 4.77. The number of pyridine rings is 1. The van der Waals surface area contributed by atoms with Crippen molar-refractivity contribution in [2.45, 2.75) is 65.8 Å². The Hall–Kier alpha value is -2.78. The minimum Gasteiger partial charge on any atom is -0.380 e. The highest BCUT2D eigenvalue weighted by atomic mass is 32.1. The van der Waals surface area contributed by atoms with Crippen LogP contribution in [-0.2, 0) is 6.42 Å². The molecule has 1 N–H and O–H groups in total. The zero-order valence-electron chi connectivity index (χ0n) is 18.7. The highest BCUT2D eigenvalue weighted by molar-refractivity contribution is 7.17. The maximum atomic E-state index is 13.9. The van der Waals surface area contributed by atoms with Gasteiger partial charge in [-0.25, -0.2) is 4.39 Å². The van der Waals surface area contributed by atoms with Gasteiger partial charge in [0.15, 0.2) is 5.78 Å². The van der Waals surface area contributed by atoms with Crippen LogP contribution in [0.15, 0.2) is 35.8 Å². The second-order valence-corrected chi connectivity index (χ2v) is 8.46. The van der Waals surface area contributed by atoms with E-state index in [4.69, 9.17) is 5.26 Å². The third kappa shape index (κ3) is 6.60. The lowest BCUT2D eigenvalue weighted by molar-refractivity contribution is 0.101. The molecule has 1 unspecified atom stereocenters. The Labute approximate surface area is 188 Å². The summed E-state index contributed by atoms with van der Waals surface area (Å²) in [4.78, 5) is 16.5. The minimum absolute atomic E-state index is 0.0188. The normalized spacial score (nSPS) is 11.4. The van der Waals surface area contributed by atoms with Gasteiger partial charge in [0.1, 0.15) is 11.9 Å². The quantitative estimate of drug-likeness (QED) is 0.379. The first kappa shape index (κ1) is 24.5. The number of fused-ring (bicyclic) bond motifs is 1. The summed E-state index contributed by atoms with van der Waals surface area (Å²) in [7, 11) is 0. The van der Waals surface area contributed by atoms with Crippen LogP contribution < -0.4 is 5.32 Å². The zero-order valence-corrected chi connectivity index (χ0v) is 19.5. The molecular weight excluding hydrogens is 409 g/mol. The molecule has 0 fully saturated rings. The number of carbonyl (C=O) groups excluding carboxylic acids is 1. The van der Waals surface area contributed by atoms with Gasteiger partial charge in [-0.05, 0) is 55.3 Å². The van der Waals surface area contributed by atoms with Gasteiger partial charge in [0.25, 0.3) is 0 Å². The number of thiophene rings is 1. The van der Waals surface area contributed by atoms with Crippen molar-refractivity contribution in [1.82, 2.24) is 4.98 Å². The van der Waals surface area contributed by atoms with Gasteiger partial charge >= 0.3 is 0 Å². The molecule has 2 heterocycles. The Balaban J connectivity index is 0.00000107. The van der Waals surface area contributed by atoms with E-state index in [-0.39, 0.29) is 17.4 Å². The first-order chi connectivity index (χ1) is 14.9. The molecular formula is C25H30FN3OS. The SMILES string of the molecule is CCC.CCCC(CCc1ccc(C#N)c(F)c1)Nc1c(C(C)=O)cnc2ccsc12. The van der Waals surface area contributed by atoms with E-state index >= 15 is 0 Å². The average Bonchev–Trinajstić information content (AvgIpc) is 3.22. The van der Waals surface area contributed by atoms with Crippen LogP contribution in [0.4, 0.5) is 10.1 Å². The fourth-order valence-electron chi connectivity index (χ4n) is 3.31. The summed E-state index contributed by atoms with van der Waals surface area (Å²) in [6, 6.07) is 8.71. The second kappa shape index (κ2) is 12.2. The largest absolute Gasteiger partial charge is 0.380 e. The van der Waals surface area contributed by atoms with Gasteiger partial charge < -0.3 is 5.32 Å². The number of nitrogens with one attached hydrogen (secondary N) is 1. The van der Waals surface area contributed by atoms with Crippen LogP contribution in [0.5, 0.6) is 0 Å². The molecule has 0 amide bonds. The van der Waals surface area contributed by atoms with E-state index in [2.05, 4.69) is 31.1 Å². The van der Waals surface area contributed by atoms with Crippen LogP contribution >= 0.6 is 11.3 Å². The molecule has 0 saturated heterocycles. The molecule has 164 valence electrons. The molecule has 1 aromatic carbocycles. The maximum Gasteiger partial charge on any atom is 0.163 e. The van der Waals surface area contributed by atoms with E-state index in [1.807, 2.05) is 17.5 Å². The molecule has 0 aliphatic carbocycles. The van der Waals surface area contributed by atoms with E-state index in [9.17, 15) is 9.18 Å². The lowest BCUT2D eigenvalue weighted by Crippen LogP contribution is -2.22. The van der Waals surface area contributed by atoms with Crippen LogP contribution in [0.1, 0.15) is 74.9 Å². The number of ketones is 1. The number of aryl methyl sites for hydroxylation is 1. The molecule has 0 aliphatic rings. The Kier molecular flexibility index (Phi) is 9.61. The molecule has 0 spiro atoms. The van der Waals surface area contributed by atoms with E-state index in [1.165, 1.54) is 18.6 Å². The lowest BCUT2D eigenvalue weighted by atomic mass is 10.00. The van der Waals surface area contributed by atoms with Gasteiger partial charge in [-0.3, -0.25) is 9.78 Å². The van der Waals surface area contributed by atoms with Crippen molar-refractivity contribution < 1.29 is 9.18 Å². The van der Waals surface area contributed by atoms with Crippen molar-refractivity contribution >= 4 is 33.0 Å². The number of Topliss-reactive ketones (excluding diaryl/α,β-unsaturated/α-hetero) is 1. The Bertz CT molecular complexity index is 1050. The fraction of sp³-hybridized carbons (Fsp3) is 0.400. The number of carbonyl (C=O) groups is 1. The summed E-state index contributed by atoms with van der Waals surface area (Å²) in [6.45, 7) is 7.92. The van der Waals surface area contributed by atoms with E-state index in [0.29, 0.717) is 12.0 Å². The molecule has 6 heteroatoms. The van der Waals surface area contributed by atoms with Crippen molar-refractivity contribution in [3.63, 3.8) is 0 Å². The average molecular weight is 440 g/mol. The van der Waals surface area contributed by atoms with Crippen LogP contribution in [0.2, 0.25) is 0 Å². The number of anilines is 1. The molecule has 31 heavy (non-hydrogen) atoms. The van der Waals surface area contributed by atoms with Crippen molar-refractivity contribution in [3.8, 4) is 6.07 Å². The molecule has 3 aromatic rings. The number of rotatable bonds is 8. The number of nitriles is 1. The van der Waals surface area contributed by atoms with E-state index < -0.39 is 5.82 Å². The van der Waals surface area contributed by atoms with Gasteiger partial charge in [0.2, 0.25) is 0 Å². The summed E-state index contributed by atoms with van der Waals surface area (Å²) in [6.07, 6.45) is 6.30. The fourth-order valence-corrected chi connectivity index (χ4v) is 4.17. The number of hydrogen-bond donors (Lipinski definition) is 1. The molecule has 2 aromatic heterocycles. The van der Waals surface area contributed by atoms with Crippen LogP contribution in [0, 0.1) is 17.1 Å². The van der Waals surface area contributed by atoms with Crippen molar-refractivity contribution in [1.29, 1.82) is 5.26 Å². The number of nitrogens with zero attached hydrogens (tertiary/aromatic N) is 2. The number of halogens is 1. The Morgan fingerprint density at radius 3 is 2.61 bits per heavy atom. The van der Waals surface area contributed by atoms with Crippen LogP contribution in [0.25, 0.3) is 10.2 Å². The third-order valence-corrected chi connectivity index (χ3v) is 5.70. The molecule has 1 atom stereocenters. The molecule has 0 bridgehead atoms. The van der Waals surface area contributed by atoms with Crippen molar-refractivity contribution in [2.24, 2.45) is 0 Å². The predicted molar refractivity (Wildman–Crippen MR) is 127 cm³/mol. The molecule has 3 rings (SSSR count). The second-order valence-electron chi connectivity index (χ2n) is 7.54. The highest BCUT2D eigenvalue weighted by Gasteiger charge is 2.17. The Morgan fingerprint density at radius 2 is 2.00 bits per heavy atom. The van der Waals surface area contributed by atoms with Gasteiger partial charge in [-0.2, -0.15) is 5.26 Å². The maximum absolute atomic E-state index is 13.9. The summed E-state index contributed by atoms with van der Waals surface area (Å²) in [5, 5.41) is 14.4. The molecule has 0 aliphatic heterocycles. The first-order valence-electron chi connectivity index (χ1n) is 10.8. The monoisotopic (exact) mass is 439 g/mol. The standard InChI is InChI=1S/C22H22FN3OS.C3H8/c1-3-4-17(8-6-15-5-7-16(12-24)19(23)11-15)26-21-18(14(2)27)13-25-20-9-10-28-22(20)21;1-3-2/h5,7,9-11,13,17H,3-4,6,8H2,1-2H3,(H,25,26);3H2,1-2H3. The summed E-state index contributed by atoms with van der Waals surface area (Å²) < 4.78 is 14.9. The van der Waals surface area contributed by atoms with Gasteiger partial charge in [-0.1, -0.05) is 39.7 Å². The summed E-state index contributed by atoms with van der Waals surface area (Å²) in [5.74, 6) is -0.497.